The van der Waals surface area contributed by atoms with Gasteiger partial charge in [0, 0.05) is 23.3 Å². The molecule has 2 atom stereocenters. The quantitative estimate of drug-likeness (QED) is 0.356. The summed E-state index contributed by atoms with van der Waals surface area (Å²) in [7, 11) is 0. The minimum Gasteiger partial charge on any atom is -0.492 e. The smallest absolute Gasteiger partial charge is 0.157 e. The van der Waals surface area contributed by atoms with Gasteiger partial charge in [-0.15, -0.1) is 0 Å². The molecule has 2 aliphatic rings. The molecular weight excluding hydrogens is 380 g/mol. The Kier molecular flexibility index (Phi) is 5.85. The topological polar surface area (TPSA) is 26.3 Å². The van der Waals surface area contributed by atoms with E-state index in [1.165, 1.54) is 38.9 Å². The highest BCUT2D eigenvalue weighted by atomic mass is 16.5. The van der Waals surface area contributed by atoms with Crippen LogP contribution >= 0.6 is 0 Å². The van der Waals surface area contributed by atoms with Crippen molar-refractivity contribution in [2.24, 2.45) is 5.41 Å². The van der Waals surface area contributed by atoms with E-state index in [9.17, 15) is 4.79 Å². The van der Waals surface area contributed by atoms with Crippen molar-refractivity contribution in [3.05, 3.63) is 75.4 Å². The number of carbonyl (C=O) groups excluding carboxylic acids is 1. The van der Waals surface area contributed by atoms with Gasteiger partial charge in [0.05, 0.1) is 6.61 Å². The monoisotopic (exact) mass is 416 g/mol. The van der Waals surface area contributed by atoms with Crippen LogP contribution in [0.15, 0.2) is 36.4 Å². The van der Waals surface area contributed by atoms with E-state index in [2.05, 4.69) is 58.5 Å². The Morgan fingerprint density at radius 3 is 2.52 bits per heavy atom. The van der Waals surface area contributed by atoms with Gasteiger partial charge in [-0.3, -0.25) is 4.79 Å². The van der Waals surface area contributed by atoms with Gasteiger partial charge in [0.2, 0.25) is 0 Å². The van der Waals surface area contributed by atoms with Crippen LogP contribution in [0.1, 0.15) is 83.9 Å². The highest BCUT2D eigenvalue weighted by Gasteiger charge is 2.50. The van der Waals surface area contributed by atoms with Gasteiger partial charge in [-0.25, -0.2) is 0 Å². The zero-order valence-corrected chi connectivity index (χ0v) is 19.9. The van der Waals surface area contributed by atoms with Crippen LogP contribution < -0.4 is 4.74 Å². The number of hydrogen-bond donors (Lipinski definition) is 0. The number of aryl methyl sites for hydroxylation is 3. The number of allylic oxidation sites excluding steroid dienone is 1. The minimum absolute atomic E-state index is 0.121. The van der Waals surface area contributed by atoms with Crippen LogP contribution in [0, 0.1) is 33.1 Å². The Hall–Kier alpha value is -2.35. The van der Waals surface area contributed by atoms with Crippen LogP contribution in [-0.2, 0) is 11.2 Å². The molecule has 0 saturated heterocycles. The van der Waals surface area contributed by atoms with Crippen molar-refractivity contribution in [3.8, 4) is 5.75 Å². The lowest BCUT2D eigenvalue weighted by Gasteiger charge is -2.42. The molecule has 0 saturated carbocycles. The molecule has 1 aliphatic heterocycles. The Morgan fingerprint density at radius 2 is 1.77 bits per heavy atom. The highest BCUT2D eigenvalue weighted by Crippen LogP contribution is 2.58. The molecule has 0 radical (unpaired) electrons. The van der Waals surface area contributed by atoms with Crippen LogP contribution in [0.4, 0.5) is 0 Å². The normalized spacial score (nSPS) is 21.1. The average Bonchev–Trinajstić information content (AvgIpc) is 3.04. The number of Topliss-reactive ketones (excluding diaryl/α,β-unsaturated/α-hetero) is 1. The molecule has 2 nitrogen and oxygen atoms in total. The second-order valence-corrected chi connectivity index (χ2v) is 10.1. The maximum absolute atomic E-state index is 11.9. The Labute approximate surface area is 187 Å². The number of carbonyl (C=O) groups is 1. The molecule has 2 heteroatoms. The number of hydrogen-bond acceptors (Lipinski definition) is 2. The molecule has 0 N–H and O–H groups in total. The summed E-state index contributed by atoms with van der Waals surface area (Å²) in [5, 5.41) is 0. The minimum atomic E-state index is 0.121. The molecule has 164 valence electrons. The van der Waals surface area contributed by atoms with Crippen molar-refractivity contribution >= 4 is 5.78 Å². The van der Waals surface area contributed by atoms with Gasteiger partial charge in [-0.1, -0.05) is 43.7 Å². The lowest BCUT2D eigenvalue weighted by Crippen LogP contribution is -2.37. The van der Waals surface area contributed by atoms with E-state index in [1.54, 1.807) is 0 Å². The number of unbranched alkanes of at least 4 members (excludes halogenated alkanes) is 2. The predicted octanol–water partition coefficient (Wildman–Crippen LogP) is 7.08. The molecule has 4 rings (SSSR count). The fourth-order valence-electron chi connectivity index (χ4n) is 5.67. The third kappa shape index (κ3) is 3.86. The standard InChI is InChI=1S/C29H36O2/c1-18(2)26(30)10-8-7-9-13-29-16-23-14-20(4)21(5)15-25(23)27(29)24-12-11-19(3)22(6)28(24)31-17-29/h11-12,14-15,27H,1,7-10,13,16-17H2,2-6H3. The lowest BCUT2D eigenvalue weighted by atomic mass is 9.68. The zero-order valence-electron chi connectivity index (χ0n) is 19.9. The molecule has 31 heavy (non-hydrogen) atoms. The van der Waals surface area contributed by atoms with Gasteiger partial charge >= 0.3 is 0 Å². The van der Waals surface area contributed by atoms with Crippen LogP contribution in [0.2, 0.25) is 0 Å². The summed E-state index contributed by atoms with van der Waals surface area (Å²) in [4.78, 5) is 11.9. The van der Waals surface area contributed by atoms with E-state index < -0.39 is 0 Å². The van der Waals surface area contributed by atoms with Crippen molar-refractivity contribution in [2.45, 2.75) is 79.1 Å². The van der Waals surface area contributed by atoms with Crippen LogP contribution in [0.3, 0.4) is 0 Å². The SMILES string of the molecule is C=C(C)C(=O)CCCCCC12COc3c(ccc(C)c3C)C1c1cc(C)c(C)cc1C2. The second-order valence-electron chi connectivity index (χ2n) is 10.1. The maximum Gasteiger partial charge on any atom is 0.157 e. The molecule has 0 bridgehead atoms. The van der Waals surface area contributed by atoms with Crippen molar-refractivity contribution in [2.75, 3.05) is 6.61 Å². The summed E-state index contributed by atoms with van der Waals surface area (Å²) in [5.41, 5.74) is 10.5. The Morgan fingerprint density at radius 1 is 1.03 bits per heavy atom. The molecular formula is C29H36O2. The molecule has 0 fully saturated rings. The van der Waals surface area contributed by atoms with Crippen LogP contribution in [0.25, 0.3) is 0 Å². The van der Waals surface area contributed by atoms with Crippen molar-refractivity contribution < 1.29 is 9.53 Å². The summed E-state index contributed by atoms with van der Waals surface area (Å²) >= 11 is 0. The fraction of sp³-hybridized carbons (Fsp3) is 0.483. The molecule has 0 spiro atoms. The molecule has 2 unspecified atom stereocenters. The number of rotatable bonds is 7. The summed E-state index contributed by atoms with van der Waals surface area (Å²) in [5.74, 6) is 1.72. The first kappa shape index (κ1) is 21.9. The van der Waals surface area contributed by atoms with Gasteiger partial charge < -0.3 is 4.74 Å². The summed E-state index contributed by atoms with van der Waals surface area (Å²) in [6, 6.07) is 9.42. The fourth-order valence-corrected chi connectivity index (χ4v) is 5.67. The first-order valence-corrected chi connectivity index (χ1v) is 11.7. The number of ether oxygens (including phenoxy) is 1. The Balaban J connectivity index is 1.63. The van der Waals surface area contributed by atoms with Crippen molar-refractivity contribution in [1.82, 2.24) is 0 Å². The molecule has 1 aliphatic carbocycles. The third-order valence-electron chi connectivity index (χ3n) is 7.80. The van der Waals surface area contributed by atoms with Gasteiger partial charge in [-0.05, 0) is 92.8 Å². The van der Waals surface area contributed by atoms with Crippen molar-refractivity contribution in [3.63, 3.8) is 0 Å². The number of ketones is 1. The molecule has 2 aromatic rings. The maximum atomic E-state index is 11.9. The van der Waals surface area contributed by atoms with E-state index in [1.807, 2.05) is 6.92 Å². The van der Waals surface area contributed by atoms with Gasteiger partial charge in [0.1, 0.15) is 5.75 Å². The molecule has 0 amide bonds. The average molecular weight is 417 g/mol. The van der Waals surface area contributed by atoms with E-state index in [0.717, 1.165) is 44.5 Å². The molecule has 0 aromatic heterocycles. The predicted molar refractivity (Wildman–Crippen MR) is 128 cm³/mol. The molecule has 2 aromatic carbocycles. The van der Waals surface area contributed by atoms with E-state index in [0.29, 0.717) is 17.9 Å². The third-order valence-corrected chi connectivity index (χ3v) is 7.80. The summed E-state index contributed by atoms with van der Waals surface area (Å²) in [6.07, 6.45) is 6.02. The van der Waals surface area contributed by atoms with E-state index in [-0.39, 0.29) is 11.2 Å². The van der Waals surface area contributed by atoms with Crippen molar-refractivity contribution in [1.29, 1.82) is 0 Å². The lowest BCUT2D eigenvalue weighted by molar-refractivity contribution is -0.115. The first-order valence-electron chi connectivity index (χ1n) is 11.7. The van der Waals surface area contributed by atoms with E-state index >= 15 is 0 Å². The zero-order chi connectivity index (χ0) is 22.3. The summed E-state index contributed by atoms with van der Waals surface area (Å²) in [6.45, 7) is 15.2. The van der Waals surface area contributed by atoms with Crippen LogP contribution in [0.5, 0.6) is 5.75 Å². The largest absolute Gasteiger partial charge is 0.492 e. The number of benzene rings is 2. The van der Waals surface area contributed by atoms with Gasteiger partial charge in [0.25, 0.3) is 0 Å². The highest BCUT2D eigenvalue weighted by molar-refractivity contribution is 5.93. The van der Waals surface area contributed by atoms with Gasteiger partial charge in [-0.2, -0.15) is 0 Å². The Bertz CT molecular complexity index is 1050. The van der Waals surface area contributed by atoms with Gasteiger partial charge in [0.15, 0.2) is 5.78 Å². The first-order chi connectivity index (χ1) is 14.7. The molecule has 1 heterocycles. The summed E-state index contributed by atoms with van der Waals surface area (Å²) < 4.78 is 6.51. The van der Waals surface area contributed by atoms with E-state index in [4.69, 9.17) is 4.74 Å². The number of fused-ring (bicyclic) bond motifs is 5. The second kappa shape index (κ2) is 8.30. The van der Waals surface area contributed by atoms with Crippen LogP contribution in [-0.4, -0.2) is 12.4 Å².